The van der Waals surface area contributed by atoms with Gasteiger partial charge in [0.05, 0.1) is 17.5 Å². The van der Waals surface area contributed by atoms with Crippen molar-refractivity contribution in [2.75, 3.05) is 24.2 Å². The Bertz CT molecular complexity index is 821. The van der Waals surface area contributed by atoms with Crippen molar-refractivity contribution in [2.24, 2.45) is 0 Å². The average Bonchev–Trinajstić information content (AvgIpc) is 2.97. The summed E-state index contributed by atoms with van der Waals surface area (Å²) in [6.45, 7) is 1.66. The van der Waals surface area contributed by atoms with Gasteiger partial charge in [-0.05, 0) is 37.1 Å². The van der Waals surface area contributed by atoms with Crippen molar-refractivity contribution in [3.8, 4) is 0 Å². The number of carbonyl (C=O) groups excluding carboxylic acids is 3. The molecule has 0 bridgehead atoms. The number of hydrogen-bond donors (Lipinski definition) is 2. The number of nitrogens with zero attached hydrogens (tertiary/aromatic N) is 1. The number of imide groups is 1. The zero-order chi connectivity index (χ0) is 18.8. The molecule has 0 saturated heterocycles. The first-order valence-electron chi connectivity index (χ1n) is 7.47. The molecule has 1 aliphatic heterocycles. The Morgan fingerprint density at radius 2 is 1.96 bits per heavy atom. The maximum absolute atomic E-state index is 12.2. The maximum atomic E-state index is 12.2. The Morgan fingerprint density at radius 1 is 1.28 bits per heavy atom. The molecule has 136 valence electrons. The molecule has 0 aliphatic carbocycles. The fourth-order valence-electron chi connectivity index (χ4n) is 2.40. The molecule has 10 heteroatoms. The number of anilines is 1. The third-order valence-corrected chi connectivity index (χ3v) is 4.87. The van der Waals surface area contributed by atoms with Crippen LogP contribution in [0.3, 0.4) is 0 Å². The van der Waals surface area contributed by atoms with Gasteiger partial charge in [-0.3, -0.25) is 14.4 Å². The van der Waals surface area contributed by atoms with E-state index in [0.717, 1.165) is 6.26 Å². The number of fused-ring (bicyclic) bond motifs is 1. The highest BCUT2D eigenvalue weighted by atomic mass is 32.2. The minimum Gasteiger partial charge on any atom is -0.449 e. The molecule has 1 aliphatic rings. The summed E-state index contributed by atoms with van der Waals surface area (Å²) in [6, 6.07) is 3.82. The fraction of sp³-hybridized carbons (Fsp3) is 0.400. The van der Waals surface area contributed by atoms with Crippen molar-refractivity contribution in [1.29, 1.82) is 0 Å². The van der Waals surface area contributed by atoms with Crippen LogP contribution in [0.2, 0.25) is 0 Å². The van der Waals surface area contributed by atoms with Crippen molar-refractivity contribution >= 4 is 33.6 Å². The number of rotatable bonds is 4. The number of ether oxygens (including phenoxy) is 1. The van der Waals surface area contributed by atoms with Gasteiger partial charge in [0, 0.05) is 13.6 Å². The van der Waals surface area contributed by atoms with Gasteiger partial charge in [0.25, 0.3) is 5.91 Å². The van der Waals surface area contributed by atoms with Crippen LogP contribution in [0.1, 0.15) is 22.8 Å². The average molecular weight is 369 g/mol. The highest BCUT2D eigenvalue weighted by Gasteiger charge is 2.27. The highest BCUT2D eigenvalue weighted by molar-refractivity contribution is 7.92. The van der Waals surface area contributed by atoms with Crippen LogP contribution in [0.5, 0.6) is 0 Å². The first-order chi connectivity index (χ1) is 11.6. The van der Waals surface area contributed by atoms with Crippen molar-refractivity contribution in [1.82, 2.24) is 10.6 Å². The van der Waals surface area contributed by atoms with Gasteiger partial charge in [-0.2, -0.15) is 0 Å². The molecule has 0 spiro atoms. The number of amides is 3. The minimum absolute atomic E-state index is 0.202. The van der Waals surface area contributed by atoms with E-state index in [2.05, 4.69) is 5.32 Å². The number of hydrogen-bond acceptors (Lipinski definition) is 6. The second-order valence-corrected chi connectivity index (χ2v) is 7.45. The highest BCUT2D eigenvalue weighted by Crippen LogP contribution is 2.30. The van der Waals surface area contributed by atoms with Gasteiger partial charge in [-0.15, -0.1) is 0 Å². The monoisotopic (exact) mass is 369 g/mol. The smallest absolute Gasteiger partial charge is 0.338 e. The molecule has 2 rings (SSSR count). The third kappa shape index (κ3) is 4.27. The van der Waals surface area contributed by atoms with Gasteiger partial charge in [-0.25, -0.2) is 18.0 Å². The topological polar surface area (TPSA) is 122 Å². The molecule has 0 aromatic heterocycles. The summed E-state index contributed by atoms with van der Waals surface area (Å²) in [4.78, 5) is 34.9. The second-order valence-electron chi connectivity index (χ2n) is 5.54. The number of esters is 1. The predicted octanol–water partition coefficient (Wildman–Crippen LogP) is 0.00960. The molecule has 9 nitrogen and oxygen atoms in total. The summed E-state index contributed by atoms with van der Waals surface area (Å²) in [5.41, 5.74) is 1.44. The lowest BCUT2D eigenvalue weighted by atomic mass is 10.1. The standard InChI is InChI=1S/C15H19N3O6S/c1-9(13(19)17-15(21)16-2)24-14(20)11-4-5-12-10(8-11)6-7-18(12)25(3,22)23/h4-5,8-9H,6-7H2,1-3H3,(H2,16,17,19,21)/t9-/m0/s1. The molecule has 25 heavy (non-hydrogen) atoms. The van der Waals surface area contributed by atoms with E-state index in [-0.39, 0.29) is 5.56 Å². The van der Waals surface area contributed by atoms with Crippen molar-refractivity contribution in [3.63, 3.8) is 0 Å². The number of sulfonamides is 1. The minimum atomic E-state index is -3.37. The van der Waals surface area contributed by atoms with Gasteiger partial charge >= 0.3 is 12.0 Å². The summed E-state index contributed by atoms with van der Waals surface area (Å²) in [5, 5.41) is 4.23. The Hall–Kier alpha value is -2.62. The molecule has 1 aromatic carbocycles. The Balaban J connectivity index is 2.09. The van der Waals surface area contributed by atoms with Gasteiger partial charge < -0.3 is 10.1 Å². The fourth-order valence-corrected chi connectivity index (χ4v) is 3.36. The largest absolute Gasteiger partial charge is 0.449 e. The summed E-state index contributed by atoms with van der Waals surface area (Å²) >= 11 is 0. The van der Waals surface area contributed by atoms with Crippen LogP contribution in [-0.2, 0) is 26.0 Å². The molecule has 0 fully saturated rings. The quantitative estimate of drug-likeness (QED) is 0.721. The SMILES string of the molecule is CNC(=O)NC(=O)[C@H](C)OC(=O)c1ccc2c(c1)CCN2S(C)(=O)=O. The predicted molar refractivity (Wildman–Crippen MR) is 89.8 cm³/mol. The van der Waals surface area contributed by atoms with E-state index in [1.807, 2.05) is 5.32 Å². The molecule has 0 radical (unpaired) electrons. The van der Waals surface area contributed by atoms with E-state index in [4.69, 9.17) is 4.74 Å². The van der Waals surface area contributed by atoms with Crippen LogP contribution < -0.4 is 14.9 Å². The Labute approximate surface area is 145 Å². The van der Waals surface area contributed by atoms with Gasteiger partial charge in [0.1, 0.15) is 0 Å². The molecular formula is C15H19N3O6S. The summed E-state index contributed by atoms with van der Waals surface area (Å²) < 4.78 is 29.7. The zero-order valence-corrected chi connectivity index (χ0v) is 14.8. The lowest BCUT2D eigenvalue weighted by Crippen LogP contribution is -2.43. The van der Waals surface area contributed by atoms with Crippen molar-refractivity contribution < 1.29 is 27.5 Å². The molecule has 1 aromatic rings. The molecule has 2 N–H and O–H groups in total. The van der Waals surface area contributed by atoms with E-state index in [9.17, 15) is 22.8 Å². The molecular weight excluding hydrogens is 350 g/mol. The van der Waals surface area contributed by atoms with Crippen LogP contribution >= 0.6 is 0 Å². The van der Waals surface area contributed by atoms with E-state index in [1.165, 1.54) is 30.4 Å². The van der Waals surface area contributed by atoms with E-state index in [1.54, 1.807) is 6.07 Å². The normalized spacial score (nSPS) is 14.4. The van der Waals surface area contributed by atoms with Crippen LogP contribution in [-0.4, -0.2) is 52.3 Å². The second kappa shape index (κ2) is 7.09. The Morgan fingerprint density at radius 3 is 2.56 bits per heavy atom. The molecule has 0 unspecified atom stereocenters. The maximum Gasteiger partial charge on any atom is 0.338 e. The number of urea groups is 1. The molecule has 0 saturated carbocycles. The molecule has 1 atom stereocenters. The molecule has 1 heterocycles. The van der Waals surface area contributed by atoms with E-state index < -0.39 is 34.0 Å². The number of nitrogens with one attached hydrogen (secondary N) is 2. The summed E-state index contributed by atoms with van der Waals surface area (Å²) in [5.74, 6) is -1.49. The van der Waals surface area contributed by atoms with Gasteiger partial charge in [-0.1, -0.05) is 0 Å². The Kier molecular flexibility index (Phi) is 5.31. The number of benzene rings is 1. The summed E-state index contributed by atoms with van der Waals surface area (Å²) in [6.07, 6.45) is 0.443. The van der Waals surface area contributed by atoms with Crippen LogP contribution in [0, 0.1) is 0 Å². The zero-order valence-electron chi connectivity index (χ0n) is 14.0. The van der Waals surface area contributed by atoms with Gasteiger partial charge in [0.2, 0.25) is 10.0 Å². The first-order valence-corrected chi connectivity index (χ1v) is 9.32. The van der Waals surface area contributed by atoms with E-state index >= 15 is 0 Å². The van der Waals surface area contributed by atoms with Crippen LogP contribution in [0.15, 0.2) is 18.2 Å². The number of carbonyl (C=O) groups is 3. The third-order valence-electron chi connectivity index (χ3n) is 3.69. The van der Waals surface area contributed by atoms with Crippen LogP contribution in [0.4, 0.5) is 10.5 Å². The van der Waals surface area contributed by atoms with Crippen molar-refractivity contribution in [3.05, 3.63) is 29.3 Å². The first kappa shape index (κ1) is 18.7. The van der Waals surface area contributed by atoms with Gasteiger partial charge in [0.15, 0.2) is 6.10 Å². The lowest BCUT2D eigenvalue weighted by Gasteiger charge is -2.17. The summed E-state index contributed by atoms with van der Waals surface area (Å²) in [7, 11) is -2.02. The van der Waals surface area contributed by atoms with Crippen LogP contribution in [0.25, 0.3) is 0 Å². The van der Waals surface area contributed by atoms with E-state index in [0.29, 0.717) is 24.2 Å². The lowest BCUT2D eigenvalue weighted by molar-refractivity contribution is -0.127. The van der Waals surface area contributed by atoms with Crippen molar-refractivity contribution in [2.45, 2.75) is 19.4 Å². The molecule has 3 amide bonds.